The van der Waals surface area contributed by atoms with Crippen LogP contribution in [0.25, 0.3) is 0 Å². The molecule has 0 saturated heterocycles. The molecule has 5 heteroatoms. The molecule has 4 saturated carbocycles. The van der Waals surface area contributed by atoms with Crippen molar-refractivity contribution >= 4 is 5.97 Å². The van der Waals surface area contributed by atoms with Crippen LogP contribution < -0.4 is 0 Å². The van der Waals surface area contributed by atoms with E-state index in [0.717, 1.165) is 44.9 Å². The van der Waals surface area contributed by atoms with Gasteiger partial charge in [0.1, 0.15) is 0 Å². The summed E-state index contributed by atoms with van der Waals surface area (Å²) in [6.07, 6.45) is 14.0. The van der Waals surface area contributed by atoms with Gasteiger partial charge in [0.15, 0.2) is 0 Å². The normalized spacial score (nSPS) is 49.5. The topological polar surface area (TPSA) is 98.0 Å². The standard InChI is InChI=1S/C24H40O5.C2H2/c1-13(4-7-21(28)29)16-5-6-17-22-18(12-20(27)24(16,17)3)23(2)9-8-15(25)10-14(23)11-19(22)26;1-2/h13-20,22,25-27H,4-12H2,1-3H3,(H,28,29);1-2H/t13-,14+,15+,16-,17?,18?,19-,20+,22?,23+,24-;/m1./s1. The quantitative estimate of drug-likeness (QED) is 0.506. The molecule has 176 valence electrons. The average molecular weight is 435 g/mol. The Labute approximate surface area is 187 Å². The van der Waals surface area contributed by atoms with Crippen molar-refractivity contribution in [3.05, 3.63) is 0 Å². The summed E-state index contributed by atoms with van der Waals surface area (Å²) < 4.78 is 0. The highest BCUT2D eigenvalue weighted by atomic mass is 16.4. The Morgan fingerprint density at radius 1 is 1.03 bits per heavy atom. The SMILES string of the molecule is C#C.C[C@H](CCC(=O)O)[C@H]1CCC2C3C(C[C@H](O)[C@@]21C)[C@@]1(C)CC[C@H](O)C[C@H]1C[C@H]3O. The molecule has 5 nitrogen and oxygen atoms in total. The average Bonchev–Trinajstić information content (AvgIpc) is 3.08. The number of aliphatic carboxylic acids is 1. The van der Waals surface area contributed by atoms with Crippen molar-refractivity contribution in [1.82, 2.24) is 0 Å². The first-order valence-electron chi connectivity index (χ1n) is 12.2. The van der Waals surface area contributed by atoms with Gasteiger partial charge in [-0.15, -0.1) is 12.8 Å². The third-order valence-corrected chi connectivity index (χ3v) is 10.3. The number of rotatable bonds is 4. The lowest BCUT2D eigenvalue weighted by Crippen LogP contribution is -2.62. The van der Waals surface area contributed by atoms with Crippen molar-refractivity contribution in [2.24, 2.45) is 46.3 Å². The second-order valence-corrected chi connectivity index (χ2v) is 11.4. The molecule has 3 unspecified atom stereocenters. The maximum Gasteiger partial charge on any atom is 0.303 e. The van der Waals surface area contributed by atoms with Crippen molar-refractivity contribution in [2.75, 3.05) is 0 Å². The van der Waals surface area contributed by atoms with E-state index in [9.17, 15) is 20.1 Å². The van der Waals surface area contributed by atoms with Crippen LogP contribution in [0.2, 0.25) is 0 Å². The van der Waals surface area contributed by atoms with Gasteiger partial charge in [-0.3, -0.25) is 4.79 Å². The first-order chi connectivity index (χ1) is 14.6. The van der Waals surface area contributed by atoms with Crippen LogP contribution >= 0.6 is 0 Å². The molecule has 4 rings (SSSR count). The van der Waals surface area contributed by atoms with Gasteiger partial charge in [-0.25, -0.2) is 0 Å². The lowest BCUT2D eigenvalue weighted by atomic mass is 9.43. The maximum absolute atomic E-state index is 11.5. The Morgan fingerprint density at radius 2 is 1.71 bits per heavy atom. The molecule has 0 aromatic heterocycles. The Hall–Kier alpha value is -1.09. The number of hydrogen-bond donors (Lipinski definition) is 4. The second kappa shape index (κ2) is 9.04. The third kappa shape index (κ3) is 3.94. The van der Waals surface area contributed by atoms with E-state index in [1.807, 2.05) is 0 Å². The highest BCUT2D eigenvalue weighted by molar-refractivity contribution is 5.66. The minimum atomic E-state index is -0.748. The smallest absolute Gasteiger partial charge is 0.303 e. The number of aliphatic hydroxyl groups is 3. The molecule has 0 radical (unpaired) electrons. The number of terminal acetylenes is 1. The first kappa shape index (κ1) is 24.6. The molecule has 11 atom stereocenters. The van der Waals surface area contributed by atoms with Crippen LogP contribution in [-0.2, 0) is 4.79 Å². The Balaban J connectivity index is 0.00000132. The van der Waals surface area contributed by atoms with Gasteiger partial charge in [-0.1, -0.05) is 20.8 Å². The summed E-state index contributed by atoms with van der Waals surface area (Å²) in [5, 5.41) is 42.0. The lowest BCUT2D eigenvalue weighted by Gasteiger charge is -2.63. The minimum Gasteiger partial charge on any atom is -0.481 e. The number of hydrogen-bond acceptors (Lipinski definition) is 4. The molecule has 0 amide bonds. The number of fused-ring (bicyclic) bond motifs is 5. The number of carboxylic acids is 1. The van der Waals surface area contributed by atoms with E-state index < -0.39 is 12.1 Å². The van der Waals surface area contributed by atoms with Gasteiger partial charge in [-0.2, -0.15) is 0 Å². The van der Waals surface area contributed by atoms with E-state index in [1.54, 1.807) is 0 Å². The lowest BCUT2D eigenvalue weighted by molar-refractivity contribution is -0.207. The third-order valence-electron chi connectivity index (χ3n) is 10.3. The van der Waals surface area contributed by atoms with Crippen LogP contribution in [0.15, 0.2) is 0 Å². The van der Waals surface area contributed by atoms with Crippen LogP contribution in [0.4, 0.5) is 0 Å². The fraction of sp³-hybridized carbons (Fsp3) is 0.885. The minimum absolute atomic E-state index is 0.0957. The zero-order chi connectivity index (χ0) is 23.1. The zero-order valence-electron chi connectivity index (χ0n) is 19.4. The predicted octanol–water partition coefficient (Wildman–Crippen LogP) is 3.70. The van der Waals surface area contributed by atoms with Gasteiger partial charge < -0.3 is 20.4 Å². The molecule has 0 aliphatic heterocycles. The summed E-state index contributed by atoms with van der Waals surface area (Å²) in [5.74, 6) is 0.997. The van der Waals surface area contributed by atoms with E-state index in [2.05, 4.69) is 33.6 Å². The number of carboxylic acid groups (broad SMARTS) is 1. The van der Waals surface area contributed by atoms with E-state index in [0.29, 0.717) is 30.1 Å². The summed E-state index contributed by atoms with van der Waals surface area (Å²) in [7, 11) is 0. The molecule has 0 aromatic rings. The van der Waals surface area contributed by atoms with Crippen LogP contribution in [0.5, 0.6) is 0 Å². The molecular weight excluding hydrogens is 392 g/mol. The fourth-order valence-electron chi connectivity index (χ4n) is 8.68. The van der Waals surface area contributed by atoms with Crippen molar-refractivity contribution < 1.29 is 25.2 Å². The Morgan fingerprint density at radius 3 is 2.35 bits per heavy atom. The van der Waals surface area contributed by atoms with Gasteiger partial charge >= 0.3 is 5.97 Å². The van der Waals surface area contributed by atoms with E-state index in [4.69, 9.17) is 5.11 Å². The van der Waals surface area contributed by atoms with Crippen molar-refractivity contribution in [3.63, 3.8) is 0 Å². The second-order valence-electron chi connectivity index (χ2n) is 11.4. The predicted molar refractivity (Wildman–Crippen MR) is 120 cm³/mol. The molecule has 0 aromatic carbocycles. The Bertz CT molecular complexity index is 676. The van der Waals surface area contributed by atoms with Gasteiger partial charge in [0.25, 0.3) is 0 Å². The largest absolute Gasteiger partial charge is 0.481 e. The molecule has 0 bridgehead atoms. The van der Waals surface area contributed by atoms with Crippen LogP contribution in [0.1, 0.15) is 78.6 Å². The van der Waals surface area contributed by atoms with Gasteiger partial charge in [0.05, 0.1) is 18.3 Å². The maximum atomic E-state index is 11.5. The Kier molecular flexibility index (Phi) is 7.16. The van der Waals surface area contributed by atoms with Crippen LogP contribution in [-0.4, -0.2) is 44.7 Å². The molecule has 4 aliphatic carbocycles. The zero-order valence-corrected chi connectivity index (χ0v) is 19.4. The van der Waals surface area contributed by atoms with Crippen LogP contribution in [0, 0.1) is 59.2 Å². The molecule has 0 heterocycles. The van der Waals surface area contributed by atoms with E-state index >= 15 is 0 Å². The first-order valence-corrected chi connectivity index (χ1v) is 12.2. The fourth-order valence-corrected chi connectivity index (χ4v) is 8.68. The van der Waals surface area contributed by atoms with Gasteiger partial charge in [0.2, 0.25) is 0 Å². The van der Waals surface area contributed by atoms with Crippen molar-refractivity contribution in [3.8, 4) is 12.8 Å². The van der Waals surface area contributed by atoms with E-state index in [-0.39, 0.29) is 41.3 Å². The molecule has 0 spiro atoms. The number of aliphatic hydroxyl groups excluding tert-OH is 3. The highest BCUT2D eigenvalue weighted by Gasteiger charge is 2.65. The summed E-state index contributed by atoms with van der Waals surface area (Å²) >= 11 is 0. The molecule has 4 N–H and O–H groups in total. The molecule has 4 fully saturated rings. The molecular formula is C26H42O5. The number of carbonyl (C=O) groups is 1. The van der Waals surface area contributed by atoms with Crippen LogP contribution in [0.3, 0.4) is 0 Å². The van der Waals surface area contributed by atoms with Crippen molar-refractivity contribution in [1.29, 1.82) is 0 Å². The summed E-state index contributed by atoms with van der Waals surface area (Å²) in [4.78, 5) is 11.1. The monoisotopic (exact) mass is 434 g/mol. The highest BCUT2D eigenvalue weighted by Crippen LogP contribution is 2.68. The summed E-state index contributed by atoms with van der Waals surface area (Å²) in [6.45, 7) is 6.72. The van der Waals surface area contributed by atoms with Gasteiger partial charge in [0, 0.05) is 6.42 Å². The summed E-state index contributed by atoms with van der Waals surface area (Å²) in [5.41, 5.74) is -0.143. The molecule has 4 aliphatic rings. The van der Waals surface area contributed by atoms with Crippen molar-refractivity contribution in [2.45, 2.75) is 96.9 Å². The molecule has 31 heavy (non-hydrogen) atoms. The summed E-state index contributed by atoms with van der Waals surface area (Å²) in [6, 6.07) is 0. The van der Waals surface area contributed by atoms with E-state index in [1.165, 1.54) is 0 Å². The van der Waals surface area contributed by atoms with Gasteiger partial charge in [-0.05, 0) is 97.7 Å².